The van der Waals surface area contributed by atoms with E-state index in [1.165, 1.54) is 5.56 Å². The Kier molecular flexibility index (Phi) is 2.38. The summed E-state index contributed by atoms with van der Waals surface area (Å²) in [5.41, 5.74) is 1.26. The van der Waals surface area contributed by atoms with Gasteiger partial charge in [0.25, 0.3) is 0 Å². The zero-order chi connectivity index (χ0) is 8.39. The number of hydrogen-bond donors (Lipinski definition) is 1. The predicted octanol–water partition coefficient (Wildman–Crippen LogP) is 2.25. The minimum atomic E-state index is 0.312. The van der Waals surface area contributed by atoms with Crippen molar-refractivity contribution in [2.45, 2.75) is 17.8 Å². The molecule has 1 aliphatic rings. The largest absolute Gasteiger partial charge is 0.373 e. The van der Waals surface area contributed by atoms with Crippen LogP contribution in [0.15, 0.2) is 24.3 Å². The highest BCUT2D eigenvalue weighted by atomic mass is 32.1. The average molecular weight is 179 g/mol. The van der Waals surface area contributed by atoms with Crippen molar-refractivity contribution in [2.24, 2.45) is 0 Å². The molecule has 1 saturated heterocycles. The van der Waals surface area contributed by atoms with Crippen LogP contribution in [0.2, 0.25) is 0 Å². The molecule has 1 radical (unpaired) electrons. The van der Waals surface area contributed by atoms with E-state index in [1.54, 1.807) is 0 Å². The summed E-state index contributed by atoms with van der Waals surface area (Å²) in [6, 6.07) is 10.9. The molecule has 1 aliphatic heterocycles. The number of thiol groups is 1. The van der Waals surface area contributed by atoms with E-state index in [9.17, 15) is 0 Å². The summed E-state index contributed by atoms with van der Waals surface area (Å²) in [4.78, 5) is 0. The van der Waals surface area contributed by atoms with Gasteiger partial charge in [0.05, 0.1) is 12.7 Å². The molecule has 0 saturated carbocycles. The summed E-state index contributed by atoms with van der Waals surface area (Å²) in [5.74, 6) is 0. The Morgan fingerprint density at radius 3 is 2.83 bits per heavy atom. The molecule has 0 aromatic heterocycles. The van der Waals surface area contributed by atoms with Crippen molar-refractivity contribution >= 4 is 12.6 Å². The molecule has 0 spiro atoms. The molecule has 0 bridgehead atoms. The van der Waals surface area contributed by atoms with E-state index in [0.29, 0.717) is 11.4 Å². The third-order valence-corrected chi connectivity index (χ3v) is 2.53. The number of rotatable bonds is 3. The minimum Gasteiger partial charge on any atom is -0.373 e. The Hall–Kier alpha value is -0.470. The van der Waals surface area contributed by atoms with Gasteiger partial charge in [-0.1, -0.05) is 24.3 Å². The molecule has 0 amide bonds. The van der Waals surface area contributed by atoms with Crippen molar-refractivity contribution in [2.75, 3.05) is 6.61 Å². The van der Waals surface area contributed by atoms with Crippen LogP contribution in [0.3, 0.4) is 0 Å². The Labute approximate surface area is 78.2 Å². The van der Waals surface area contributed by atoms with Gasteiger partial charge in [-0.3, -0.25) is 0 Å². The SMILES string of the molecule is SC(CC1CO1)c1cc[c]cc1. The molecule has 1 fully saturated rings. The molecular formula is C10H11OS. The fourth-order valence-electron chi connectivity index (χ4n) is 1.21. The first-order valence-electron chi connectivity index (χ1n) is 4.12. The minimum absolute atomic E-state index is 0.312. The lowest BCUT2D eigenvalue weighted by Crippen LogP contribution is -1.95. The Bertz CT molecular complexity index is 243. The van der Waals surface area contributed by atoms with Crippen molar-refractivity contribution in [1.29, 1.82) is 0 Å². The molecule has 0 aliphatic carbocycles. The van der Waals surface area contributed by atoms with E-state index in [2.05, 4.69) is 30.8 Å². The van der Waals surface area contributed by atoms with E-state index in [4.69, 9.17) is 4.74 Å². The van der Waals surface area contributed by atoms with Crippen LogP contribution in [-0.4, -0.2) is 12.7 Å². The van der Waals surface area contributed by atoms with Crippen LogP contribution < -0.4 is 0 Å². The second kappa shape index (κ2) is 3.50. The van der Waals surface area contributed by atoms with Crippen LogP contribution in [0.4, 0.5) is 0 Å². The first-order valence-corrected chi connectivity index (χ1v) is 4.63. The average Bonchev–Trinajstić information content (AvgIpc) is 2.90. The molecule has 63 valence electrons. The highest BCUT2D eigenvalue weighted by Crippen LogP contribution is 2.29. The summed E-state index contributed by atoms with van der Waals surface area (Å²) in [5, 5.41) is 0.312. The molecule has 0 N–H and O–H groups in total. The molecule has 2 rings (SSSR count). The van der Waals surface area contributed by atoms with Crippen LogP contribution in [0, 0.1) is 6.07 Å². The topological polar surface area (TPSA) is 12.5 Å². The van der Waals surface area contributed by atoms with E-state index in [0.717, 1.165) is 13.0 Å². The zero-order valence-electron chi connectivity index (χ0n) is 6.73. The predicted molar refractivity (Wildman–Crippen MR) is 51.4 cm³/mol. The van der Waals surface area contributed by atoms with Gasteiger partial charge in [0.1, 0.15) is 0 Å². The first-order chi connectivity index (χ1) is 5.86. The van der Waals surface area contributed by atoms with E-state index >= 15 is 0 Å². The van der Waals surface area contributed by atoms with Crippen molar-refractivity contribution in [3.05, 3.63) is 35.9 Å². The lowest BCUT2D eigenvalue weighted by Gasteiger charge is -2.07. The van der Waals surface area contributed by atoms with Crippen LogP contribution >= 0.6 is 12.6 Å². The molecule has 1 nitrogen and oxygen atoms in total. The molecule has 2 atom stereocenters. The van der Waals surface area contributed by atoms with Gasteiger partial charge in [-0.05, 0) is 18.1 Å². The Morgan fingerprint density at radius 2 is 2.25 bits per heavy atom. The monoisotopic (exact) mass is 179 g/mol. The van der Waals surface area contributed by atoms with Gasteiger partial charge < -0.3 is 4.74 Å². The van der Waals surface area contributed by atoms with Gasteiger partial charge in [0, 0.05) is 5.25 Å². The highest BCUT2D eigenvalue weighted by Gasteiger charge is 2.25. The van der Waals surface area contributed by atoms with Crippen molar-refractivity contribution in [1.82, 2.24) is 0 Å². The van der Waals surface area contributed by atoms with Crippen LogP contribution in [0.25, 0.3) is 0 Å². The Balaban J connectivity index is 1.98. The molecular weight excluding hydrogens is 168 g/mol. The van der Waals surface area contributed by atoms with E-state index < -0.39 is 0 Å². The lowest BCUT2D eigenvalue weighted by molar-refractivity contribution is 0.396. The normalized spacial score (nSPS) is 23.6. The van der Waals surface area contributed by atoms with Crippen LogP contribution in [0.5, 0.6) is 0 Å². The number of ether oxygens (including phenoxy) is 1. The highest BCUT2D eigenvalue weighted by molar-refractivity contribution is 7.80. The van der Waals surface area contributed by atoms with Crippen molar-refractivity contribution in [3.63, 3.8) is 0 Å². The molecule has 2 unspecified atom stereocenters. The third kappa shape index (κ3) is 2.02. The maximum atomic E-state index is 5.14. The quantitative estimate of drug-likeness (QED) is 0.554. The molecule has 1 heterocycles. The smallest absolute Gasteiger partial charge is 0.0823 e. The fraction of sp³-hybridized carbons (Fsp3) is 0.400. The van der Waals surface area contributed by atoms with E-state index in [-0.39, 0.29) is 0 Å². The molecule has 1 aromatic carbocycles. The first kappa shape index (κ1) is 8.14. The number of hydrogen-bond acceptors (Lipinski definition) is 2. The second-order valence-corrected chi connectivity index (χ2v) is 3.66. The van der Waals surface area contributed by atoms with Gasteiger partial charge in [0.15, 0.2) is 0 Å². The maximum absolute atomic E-state index is 5.14. The van der Waals surface area contributed by atoms with Crippen LogP contribution in [-0.2, 0) is 4.74 Å². The van der Waals surface area contributed by atoms with Gasteiger partial charge in [-0.2, -0.15) is 12.6 Å². The van der Waals surface area contributed by atoms with Gasteiger partial charge in [0.2, 0.25) is 0 Å². The Morgan fingerprint density at radius 1 is 1.58 bits per heavy atom. The summed E-state index contributed by atoms with van der Waals surface area (Å²) in [6.07, 6.45) is 1.48. The van der Waals surface area contributed by atoms with Gasteiger partial charge in [-0.15, -0.1) is 0 Å². The second-order valence-electron chi connectivity index (χ2n) is 3.04. The van der Waals surface area contributed by atoms with Gasteiger partial charge >= 0.3 is 0 Å². The zero-order valence-corrected chi connectivity index (χ0v) is 7.63. The summed E-state index contributed by atoms with van der Waals surface area (Å²) < 4.78 is 5.14. The van der Waals surface area contributed by atoms with Crippen molar-refractivity contribution in [3.8, 4) is 0 Å². The van der Waals surface area contributed by atoms with E-state index in [1.807, 2.05) is 12.1 Å². The summed E-state index contributed by atoms with van der Waals surface area (Å²) >= 11 is 4.51. The van der Waals surface area contributed by atoms with Crippen LogP contribution in [0.1, 0.15) is 17.2 Å². The molecule has 2 heteroatoms. The molecule has 1 aromatic rings. The summed E-state index contributed by atoms with van der Waals surface area (Å²) in [7, 11) is 0. The number of benzene rings is 1. The third-order valence-electron chi connectivity index (χ3n) is 2.02. The van der Waals surface area contributed by atoms with Gasteiger partial charge in [-0.25, -0.2) is 0 Å². The number of epoxide rings is 1. The maximum Gasteiger partial charge on any atom is 0.0823 e. The van der Waals surface area contributed by atoms with Crippen molar-refractivity contribution < 1.29 is 4.74 Å². The lowest BCUT2D eigenvalue weighted by atomic mass is 10.1. The standard InChI is InChI=1S/C10H11OS/c12-10(6-9-7-11-9)8-4-2-1-3-5-8/h2-5,9-10,12H,6-7H2. The fourth-order valence-corrected chi connectivity index (χ4v) is 1.62. The summed E-state index contributed by atoms with van der Waals surface area (Å²) in [6.45, 7) is 0.913. The molecule has 12 heavy (non-hydrogen) atoms.